The number of carbonyl (C=O) groups excluding carboxylic acids is 2. The van der Waals surface area contributed by atoms with E-state index in [4.69, 9.17) is 21.1 Å². The summed E-state index contributed by atoms with van der Waals surface area (Å²) < 4.78 is 42.2. The van der Waals surface area contributed by atoms with Crippen LogP contribution in [0.1, 0.15) is 73.4 Å². The van der Waals surface area contributed by atoms with Crippen LogP contribution < -0.4 is 19.7 Å². The highest BCUT2D eigenvalue weighted by Gasteiger charge is 2.44. The first-order chi connectivity index (χ1) is 24.6. The number of nitrogens with zero attached hydrogens (tertiary/aromatic N) is 2. The number of nitrogens with one attached hydrogen (secondary N) is 2. The van der Waals surface area contributed by atoms with Crippen LogP contribution in [0.3, 0.4) is 0 Å². The summed E-state index contributed by atoms with van der Waals surface area (Å²) in [5.41, 5.74) is 3.85. The average Bonchev–Trinajstić information content (AvgIpc) is 3.25. The minimum Gasteiger partial charge on any atom is -0.490 e. The highest BCUT2D eigenvalue weighted by Crippen LogP contribution is 2.47. The van der Waals surface area contributed by atoms with E-state index in [0.29, 0.717) is 50.4 Å². The van der Waals surface area contributed by atoms with E-state index in [1.54, 1.807) is 42.7 Å². The molecule has 2 bridgehead atoms. The van der Waals surface area contributed by atoms with E-state index in [1.807, 2.05) is 25.1 Å². The van der Waals surface area contributed by atoms with Gasteiger partial charge in [0, 0.05) is 47.2 Å². The van der Waals surface area contributed by atoms with Gasteiger partial charge in [-0.3, -0.25) is 14.6 Å². The van der Waals surface area contributed by atoms with Crippen molar-refractivity contribution in [3.63, 3.8) is 0 Å². The SMILES string of the molecule is CC[C@@H]1CC/C=C\[C@H](OCC(=O)Nc2ccncc2)[C@@H]2CC[C@H]2CN2C[C@@]3(CCCc4cc(Cl)ccc43)COc3ccc(cc32)C(=O)NS1(=O)=O. The molecule has 270 valence electrons. The Labute approximate surface area is 305 Å². The van der Waals surface area contributed by atoms with Crippen molar-refractivity contribution < 1.29 is 27.5 Å². The van der Waals surface area contributed by atoms with Crippen molar-refractivity contribution in [2.45, 2.75) is 75.1 Å². The maximum Gasteiger partial charge on any atom is 0.264 e. The first-order valence-corrected chi connectivity index (χ1v) is 19.9. The quantitative estimate of drug-likeness (QED) is 0.287. The van der Waals surface area contributed by atoms with Gasteiger partial charge < -0.3 is 19.7 Å². The van der Waals surface area contributed by atoms with E-state index in [9.17, 15) is 18.0 Å². The lowest BCUT2D eigenvalue weighted by Gasteiger charge is -2.46. The molecule has 2 aromatic carbocycles. The van der Waals surface area contributed by atoms with E-state index in [0.717, 1.165) is 42.8 Å². The number of ether oxygens (including phenoxy) is 2. The topological polar surface area (TPSA) is 127 Å². The maximum atomic E-state index is 13.5. The number of anilines is 2. The fraction of sp³-hybridized carbons (Fsp3) is 0.462. The number of rotatable bonds is 5. The van der Waals surface area contributed by atoms with Crippen LogP contribution in [-0.4, -0.2) is 62.9 Å². The van der Waals surface area contributed by atoms with Crippen LogP contribution in [0.2, 0.25) is 5.02 Å². The van der Waals surface area contributed by atoms with E-state index >= 15 is 0 Å². The minimum atomic E-state index is -3.95. The number of allylic oxidation sites excluding steroid dienone is 1. The second kappa shape index (κ2) is 15.0. The Bertz CT molecular complexity index is 1910. The molecule has 5 atom stereocenters. The molecule has 0 unspecified atom stereocenters. The summed E-state index contributed by atoms with van der Waals surface area (Å²) in [5.74, 6) is 0.149. The molecule has 51 heavy (non-hydrogen) atoms. The molecule has 2 N–H and O–H groups in total. The molecule has 1 saturated carbocycles. The zero-order valence-electron chi connectivity index (χ0n) is 28.9. The molecule has 12 heteroatoms. The van der Waals surface area contributed by atoms with Gasteiger partial charge in [0.2, 0.25) is 15.9 Å². The molecule has 0 radical (unpaired) electrons. The molecular formula is C39H45ClN4O6S. The predicted octanol–water partition coefficient (Wildman–Crippen LogP) is 6.45. The van der Waals surface area contributed by atoms with Crippen molar-refractivity contribution in [3.8, 4) is 5.75 Å². The molecule has 10 nitrogen and oxygen atoms in total. The third-order valence-electron chi connectivity index (χ3n) is 11.1. The van der Waals surface area contributed by atoms with E-state index in [-0.39, 0.29) is 41.4 Å². The molecule has 2 amide bonds. The summed E-state index contributed by atoms with van der Waals surface area (Å²) in [5, 5.41) is 2.84. The summed E-state index contributed by atoms with van der Waals surface area (Å²) in [6.45, 7) is 3.51. The van der Waals surface area contributed by atoms with Crippen LogP contribution in [0.4, 0.5) is 11.4 Å². The lowest BCUT2D eigenvalue weighted by molar-refractivity contribution is -0.124. The molecular weight excluding hydrogens is 688 g/mol. The number of hydrogen-bond donors (Lipinski definition) is 2. The van der Waals surface area contributed by atoms with Crippen molar-refractivity contribution in [2.24, 2.45) is 11.8 Å². The lowest BCUT2D eigenvalue weighted by atomic mass is 9.68. The number of amides is 2. The van der Waals surface area contributed by atoms with Crippen molar-refractivity contribution >= 4 is 44.8 Å². The van der Waals surface area contributed by atoms with Crippen molar-refractivity contribution in [1.29, 1.82) is 0 Å². The number of sulfonamides is 1. The molecule has 2 aliphatic heterocycles. The van der Waals surface area contributed by atoms with Gasteiger partial charge in [0.25, 0.3) is 5.91 Å². The predicted molar refractivity (Wildman–Crippen MR) is 198 cm³/mol. The lowest BCUT2D eigenvalue weighted by Crippen LogP contribution is -2.50. The molecule has 1 fully saturated rings. The van der Waals surface area contributed by atoms with Gasteiger partial charge in [-0.1, -0.05) is 36.7 Å². The number of benzene rings is 2. The smallest absolute Gasteiger partial charge is 0.264 e. The van der Waals surface area contributed by atoms with Gasteiger partial charge in [0.05, 0.1) is 23.6 Å². The molecule has 1 aromatic heterocycles. The highest BCUT2D eigenvalue weighted by molar-refractivity contribution is 7.90. The Balaban J connectivity index is 1.23. The highest BCUT2D eigenvalue weighted by atomic mass is 35.5. The number of hydrogen-bond acceptors (Lipinski definition) is 8. The standard InChI is InChI=1S/C39H45ClN4O6S/c1-2-31-7-3-4-8-35(49-23-37(45)42-30-15-18-41-19-16-30)32-12-9-28(32)22-44-24-39(17-5-6-26-20-29(40)11-13-33(26)39)25-50-36-14-10-27(21-34(36)44)38(46)43-51(31,47)48/h4,8,10-11,13-16,18-21,28,31-32,35H,2-3,5-7,9,12,17,22-25H2,1H3,(H,43,46)(H,41,42,45)/b8-4-/t28-,31+,32+,35-,39-/m0/s1. The Morgan fingerprint density at radius 3 is 2.76 bits per heavy atom. The largest absolute Gasteiger partial charge is 0.490 e. The van der Waals surface area contributed by atoms with Crippen LogP contribution in [0.5, 0.6) is 5.75 Å². The third kappa shape index (κ3) is 7.66. The third-order valence-corrected chi connectivity index (χ3v) is 13.3. The molecule has 7 rings (SSSR count). The Morgan fingerprint density at radius 2 is 1.98 bits per heavy atom. The molecule has 4 aliphatic rings. The second-order valence-corrected chi connectivity index (χ2v) is 16.8. The van der Waals surface area contributed by atoms with Gasteiger partial charge in [0.1, 0.15) is 12.4 Å². The molecule has 0 saturated heterocycles. The summed E-state index contributed by atoms with van der Waals surface area (Å²) in [4.78, 5) is 32.8. The summed E-state index contributed by atoms with van der Waals surface area (Å²) in [6, 6.07) is 14.8. The molecule has 3 aromatic rings. The van der Waals surface area contributed by atoms with Crippen LogP contribution in [0.25, 0.3) is 0 Å². The molecule has 2 aliphatic carbocycles. The second-order valence-electron chi connectivity index (χ2n) is 14.4. The van der Waals surface area contributed by atoms with E-state index < -0.39 is 21.2 Å². The summed E-state index contributed by atoms with van der Waals surface area (Å²) in [6.07, 6.45) is 12.9. The number of aromatic nitrogens is 1. The first kappa shape index (κ1) is 35.5. The number of aryl methyl sites for hydroxylation is 1. The van der Waals surface area contributed by atoms with Gasteiger partial charge in [-0.05, 0) is 117 Å². The van der Waals surface area contributed by atoms with Crippen LogP contribution in [0, 0.1) is 11.8 Å². The van der Waals surface area contributed by atoms with Gasteiger partial charge in [-0.2, -0.15) is 0 Å². The normalized spacial score (nSPS) is 27.8. The van der Waals surface area contributed by atoms with E-state index in [2.05, 4.69) is 32.1 Å². The summed E-state index contributed by atoms with van der Waals surface area (Å²) >= 11 is 6.45. The maximum absolute atomic E-state index is 13.5. The fourth-order valence-electron chi connectivity index (χ4n) is 8.28. The molecule has 1 spiro atoms. The minimum absolute atomic E-state index is 0.120. The van der Waals surface area contributed by atoms with Gasteiger partial charge in [-0.25, -0.2) is 13.1 Å². The molecule has 3 heterocycles. The van der Waals surface area contributed by atoms with Crippen LogP contribution in [0.15, 0.2) is 73.1 Å². The number of carbonyl (C=O) groups is 2. The van der Waals surface area contributed by atoms with Crippen molar-refractivity contribution in [2.75, 3.05) is 36.5 Å². The summed E-state index contributed by atoms with van der Waals surface area (Å²) in [7, 11) is -3.95. The first-order valence-electron chi connectivity index (χ1n) is 18.0. The average molecular weight is 733 g/mol. The monoisotopic (exact) mass is 732 g/mol. The van der Waals surface area contributed by atoms with Gasteiger partial charge in [-0.15, -0.1) is 0 Å². The van der Waals surface area contributed by atoms with Crippen molar-refractivity contribution in [1.82, 2.24) is 9.71 Å². The zero-order valence-corrected chi connectivity index (χ0v) is 30.4. The van der Waals surface area contributed by atoms with Crippen LogP contribution in [-0.2, 0) is 31.4 Å². The zero-order chi connectivity index (χ0) is 35.6. The van der Waals surface area contributed by atoms with Crippen LogP contribution >= 0.6 is 11.6 Å². The van der Waals surface area contributed by atoms with Gasteiger partial charge >= 0.3 is 0 Å². The Kier molecular flexibility index (Phi) is 10.4. The Hall–Kier alpha value is -3.93. The number of fused-ring (bicyclic) bond motifs is 4. The fourth-order valence-corrected chi connectivity index (χ4v) is 9.90. The van der Waals surface area contributed by atoms with Crippen molar-refractivity contribution in [3.05, 3.63) is 94.8 Å². The Morgan fingerprint density at radius 1 is 1.14 bits per heavy atom. The van der Waals surface area contributed by atoms with E-state index in [1.165, 1.54) is 11.1 Å². The number of pyridine rings is 1. The number of halogens is 1. The van der Waals surface area contributed by atoms with Gasteiger partial charge in [0.15, 0.2) is 0 Å².